The monoisotopic (exact) mass is 122 g/mol. The zero-order chi connectivity index (χ0) is 4.28. The Hall–Kier alpha value is 1.14. The summed E-state index contributed by atoms with van der Waals surface area (Å²) < 4.78 is 0. The second-order valence-electron chi connectivity index (χ2n) is 0.574. The van der Waals surface area contributed by atoms with E-state index < -0.39 is 4.84 Å². The van der Waals surface area contributed by atoms with Crippen molar-refractivity contribution in [1.82, 2.24) is 0 Å². The summed E-state index contributed by atoms with van der Waals surface area (Å²) >= 11 is 9.96. The molecule has 0 aliphatic heterocycles. The Balaban J connectivity index is 0. The molecule has 0 aliphatic carbocycles. The standard InChI is InChI=1S/C2H4Cl2O.Li.H/c3-2(4)1-5;;/h2,5H,1H2;;. The second-order valence-corrected chi connectivity index (χ2v) is 1.85. The van der Waals surface area contributed by atoms with Gasteiger partial charge in [0.05, 0.1) is 6.61 Å². The van der Waals surface area contributed by atoms with Gasteiger partial charge in [-0.05, 0) is 0 Å². The van der Waals surface area contributed by atoms with E-state index in [1.54, 1.807) is 0 Å². The van der Waals surface area contributed by atoms with E-state index in [2.05, 4.69) is 0 Å². The number of rotatable bonds is 1. The van der Waals surface area contributed by atoms with Crippen molar-refractivity contribution in [3.05, 3.63) is 0 Å². The first kappa shape index (κ1) is 10.2. The quantitative estimate of drug-likeness (QED) is 0.388. The van der Waals surface area contributed by atoms with Crippen molar-refractivity contribution in [3.8, 4) is 0 Å². The minimum atomic E-state index is -0.616. The molecule has 1 N–H and O–H groups in total. The van der Waals surface area contributed by atoms with E-state index in [0.29, 0.717) is 0 Å². The van der Waals surface area contributed by atoms with Crippen LogP contribution in [0, 0.1) is 0 Å². The van der Waals surface area contributed by atoms with Crippen molar-refractivity contribution in [3.63, 3.8) is 0 Å². The van der Waals surface area contributed by atoms with Gasteiger partial charge < -0.3 is 5.11 Å². The van der Waals surface area contributed by atoms with Crippen LogP contribution in [0.3, 0.4) is 0 Å². The molecule has 0 radical (unpaired) electrons. The Morgan fingerprint density at radius 1 is 1.50 bits per heavy atom. The molecule has 0 unspecified atom stereocenters. The third-order valence-electron chi connectivity index (χ3n) is 0.138. The molecule has 0 aromatic heterocycles. The fourth-order valence-corrected chi connectivity index (χ4v) is 0. The SMILES string of the molecule is OCC(Cl)Cl.[LiH]. The molecule has 0 fully saturated rings. The van der Waals surface area contributed by atoms with Gasteiger partial charge in [0.25, 0.3) is 0 Å². The van der Waals surface area contributed by atoms with E-state index in [-0.39, 0.29) is 25.5 Å². The van der Waals surface area contributed by atoms with E-state index in [1.807, 2.05) is 0 Å². The number of alkyl halides is 2. The second kappa shape index (κ2) is 6.14. The summed E-state index contributed by atoms with van der Waals surface area (Å²) in [7, 11) is 0. The third-order valence-corrected chi connectivity index (χ3v) is 0.414. The fraction of sp³-hybridized carbons (Fsp3) is 1.00. The van der Waals surface area contributed by atoms with Crippen molar-refractivity contribution < 1.29 is 5.11 Å². The van der Waals surface area contributed by atoms with Crippen LogP contribution in [0.15, 0.2) is 0 Å². The van der Waals surface area contributed by atoms with Gasteiger partial charge in [-0.15, -0.1) is 23.2 Å². The van der Waals surface area contributed by atoms with Crippen molar-refractivity contribution in [2.24, 2.45) is 0 Å². The van der Waals surface area contributed by atoms with Crippen molar-refractivity contribution >= 4 is 42.1 Å². The molecular formula is C2H5Cl2LiO. The summed E-state index contributed by atoms with van der Waals surface area (Å²) in [5, 5.41) is 7.88. The van der Waals surface area contributed by atoms with E-state index >= 15 is 0 Å². The summed E-state index contributed by atoms with van der Waals surface area (Å²) in [6.45, 7) is -0.164. The Labute approximate surface area is 58.8 Å². The Morgan fingerprint density at radius 2 is 1.67 bits per heavy atom. The van der Waals surface area contributed by atoms with Gasteiger partial charge in [-0.25, -0.2) is 0 Å². The molecule has 0 aromatic rings. The molecule has 0 rings (SSSR count). The molecule has 0 spiro atoms. The van der Waals surface area contributed by atoms with Crippen LogP contribution < -0.4 is 0 Å². The van der Waals surface area contributed by atoms with Gasteiger partial charge in [0, 0.05) is 0 Å². The number of hydrogen-bond acceptors (Lipinski definition) is 1. The number of hydrogen-bond donors (Lipinski definition) is 1. The average Bonchev–Trinajstić information content (AvgIpc) is 1.38. The maximum absolute atomic E-state index is 7.88. The molecule has 0 atom stereocenters. The van der Waals surface area contributed by atoms with Crippen LogP contribution in [-0.2, 0) is 0 Å². The predicted molar refractivity (Wildman–Crippen MR) is 29.7 cm³/mol. The van der Waals surface area contributed by atoms with Crippen molar-refractivity contribution in [2.45, 2.75) is 4.84 Å². The molecule has 0 heterocycles. The van der Waals surface area contributed by atoms with E-state index in [4.69, 9.17) is 28.3 Å². The molecule has 6 heavy (non-hydrogen) atoms. The Kier molecular flexibility index (Phi) is 10.4. The number of halogens is 2. The molecule has 0 amide bonds. The first-order valence-corrected chi connectivity index (χ1v) is 2.03. The number of aliphatic hydroxyl groups is 1. The average molecular weight is 123 g/mol. The van der Waals surface area contributed by atoms with Crippen LogP contribution >= 0.6 is 23.2 Å². The molecule has 0 saturated heterocycles. The van der Waals surface area contributed by atoms with E-state index in [0.717, 1.165) is 0 Å². The Morgan fingerprint density at radius 3 is 1.67 bits per heavy atom. The maximum atomic E-state index is 7.88. The summed E-state index contributed by atoms with van der Waals surface area (Å²) in [6.07, 6.45) is 0. The number of aliphatic hydroxyl groups excluding tert-OH is 1. The van der Waals surface area contributed by atoms with Crippen molar-refractivity contribution in [2.75, 3.05) is 6.61 Å². The van der Waals surface area contributed by atoms with Gasteiger partial charge in [0.2, 0.25) is 0 Å². The van der Waals surface area contributed by atoms with Gasteiger partial charge in [-0.1, -0.05) is 0 Å². The van der Waals surface area contributed by atoms with Crippen molar-refractivity contribution in [1.29, 1.82) is 0 Å². The molecule has 34 valence electrons. The normalized spacial score (nSPS) is 8.00. The van der Waals surface area contributed by atoms with Gasteiger partial charge >= 0.3 is 18.9 Å². The van der Waals surface area contributed by atoms with Gasteiger partial charge in [-0.2, -0.15) is 0 Å². The molecule has 0 bridgehead atoms. The van der Waals surface area contributed by atoms with E-state index in [9.17, 15) is 0 Å². The van der Waals surface area contributed by atoms with Gasteiger partial charge in [0.15, 0.2) is 0 Å². The van der Waals surface area contributed by atoms with E-state index in [1.165, 1.54) is 0 Å². The van der Waals surface area contributed by atoms with Gasteiger partial charge in [0.1, 0.15) is 4.84 Å². The summed E-state index contributed by atoms with van der Waals surface area (Å²) in [5.74, 6) is 0. The molecular weight excluding hydrogens is 118 g/mol. The zero-order valence-corrected chi connectivity index (χ0v) is 4.00. The molecule has 0 saturated carbocycles. The topological polar surface area (TPSA) is 20.2 Å². The van der Waals surface area contributed by atoms with Crippen LogP contribution in [0.25, 0.3) is 0 Å². The first-order valence-electron chi connectivity index (χ1n) is 1.16. The van der Waals surface area contributed by atoms with Crippen LogP contribution in [0.2, 0.25) is 0 Å². The Bertz CT molecular complexity index is 25.5. The predicted octanol–water partition coefficient (Wildman–Crippen LogP) is 0.134. The van der Waals surface area contributed by atoms with Crippen LogP contribution in [0.5, 0.6) is 0 Å². The molecule has 0 aromatic carbocycles. The fourth-order valence-electron chi connectivity index (χ4n) is 0. The summed E-state index contributed by atoms with van der Waals surface area (Å²) in [4.78, 5) is -0.616. The van der Waals surface area contributed by atoms with Crippen LogP contribution in [0.1, 0.15) is 0 Å². The first-order chi connectivity index (χ1) is 2.27. The zero-order valence-electron chi connectivity index (χ0n) is 2.49. The van der Waals surface area contributed by atoms with Crippen LogP contribution in [0.4, 0.5) is 0 Å². The molecule has 1 nitrogen and oxygen atoms in total. The summed E-state index contributed by atoms with van der Waals surface area (Å²) in [6, 6.07) is 0. The third kappa shape index (κ3) is 8.93. The molecule has 4 heteroatoms. The van der Waals surface area contributed by atoms with Crippen LogP contribution in [-0.4, -0.2) is 35.4 Å². The summed E-state index contributed by atoms with van der Waals surface area (Å²) in [5.41, 5.74) is 0. The van der Waals surface area contributed by atoms with Gasteiger partial charge in [-0.3, -0.25) is 0 Å². The minimum absolute atomic E-state index is 0. The molecule has 0 aliphatic rings.